The third-order valence-corrected chi connectivity index (χ3v) is 3.15. The Balaban J connectivity index is 1.94. The van der Waals surface area contributed by atoms with Gasteiger partial charge in [-0.1, -0.05) is 17.7 Å². The number of rotatable bonds is 4. The molecule has 1 atom stereocenters. The summed E-state index contributed by atoms with van der Waals surface area (Å²) in [6.45, 7) is 0.901. The number of hydrogen-bond donors (Lipinski definition) is 1. The van der Waals surface area contributed by atoms with E-state index in [4.69, 9.17) is 16.3 Å². The monoisotopic (exact) mass is 309 g/mol. The molecule has 0 amide bonds. The molecule has 0 radical (unpaired) electrons. The summed E-state index contributed by atoms with van der Waals surface area (Å²) in [6, 6.07) is 4.78. The zero-order chi connectivity index (χ0) is 14.6. The molecular weight excluding hydrogens is 295 g/mol. The summed E-state index contributed by atoms with van der Waals surface area (Å²) in [6.07, 6.45) is -3.66. The van der Waals surface area contributed by atoms with Crippen LogP contribution in [0.25, 0.3) is 0 Å². The molecule has 0 aromatic heterocycles. The van der Waals surface area contributed by atoms with Gasteiger partial charge < -0.3 is 14.8 Å². The average molecular weight is 310 g/mol. The van der Waals surface area contributed by atoms with Gasteiger partial charge in [0.25, 0.3) is 0 Å². The van der Waals surface area contributed by atoms with Crippen molar-refractivity contribution >= 4 is 11.6 Å². The van der Waals surface area contributed by atoms with Crippen molar-refractivity contribution in [2.24, 2.45) is 0 Å². The maximum Gasteiger partial charge on any atom is 0.422 e. The van der Waals surface area contributed by atoms with Crippen LogP contribution in [0.3, 0.4) is 0 Å². The number of nitrogens with one attached hydrogen (secondary N) is 1. The van der Waals surface area contributed by atoms with E-state index in [1.807, 2.05) is 0 Å². The van der Waals surface area contributed by atoms with Gasteiger partial charge in [-0.2, -0.15) is 13.2 Å². The van der Waals surface area contributed by atoms with E-state index in [9.17, 15) is 13.2 Å². The molecule has 1 N–H and O–H groups in total. The molecule has 112 valence electrons. The van der Waals surface area contributed by atoms with Gasteiger partial charge in [-0.05, 0) is 24.1 Å². The summed E-state index contributed by atoms with van der Waals surface area (Å²) in [5.74, 6) is 0.0374. The highest BCUT2D eigenvalue weighted by atomic mass is 35.5. The Morgan fingerprint density at radius 3 is 2.80 bits per heavy atom. The second-order valence-electron chi connectivity index (χ2n) is 4.57. The van der Waals surface area contributed by atoms with Crippen molar-refractivity contribution in [1.82, 2.24) is 5.32 Å². The normalized spacial score (nSPS) is 19.9. The van der Waals surface area contributed by atoms with E-state index in [2.05, 4.69) is 10.1 Å². The lowest BCUT2D eigenvalue weighted by molar-refractivity contribution is -0.153. The second kappa shape index (κ2) is 6.65. The topological polar surface area (TPSA) is 30.5 Å². The fraction of sp³-hybridized carbons (Fsp3) is 0.538. The number of benzene rings is 1. The van der Waals surface area contributed by atoms with Gasteiger partial charge in [-0.25, -0.2) is 0 Å². The molecule has 1 aliphatic heterocycles. The molecule has 1 aromatic rings. The fourth-order valence-electron chi connectivity index (χ4n) is 1.96. The minimum absolute atomic E-state index is 0.0374. The number of ether oxygens (including phenoxy) is 2. The zero-order valence-electron chi connectivity index (χ0n) is 10.7. The number of morpholine rings is 1. The highest BCUT2D eigenvalue weighted by molar-refractivity contribution is 6.32. The van der Waals surface area contributed by atoms with E-state index in [0.29, 0.717) is 13.0 Å². The molecule has 0 bridgehead atoms. The van der Waals surface area contributed by atoms with Gasteiger partial charge in [0.2, 0.25) is 0 Å². The molecule has 0 aliphatic carbocycles. The van der Waals surface area contributed by atoms with Crippen molar-refractivity contribution in [3.05, 3.63) is 28.8 Å². The summed E-state index contributed by atoms with van der Waals surface area (Å²) in [7, 11) is 0. The molecule has 0 unspecified atom stereocenters. The molecule has 0 saturated carbocycles. The summed E-state index contributed by atoms with van der Waals surface area (Å²) in [5.41, 5.74) is 0.906. The summed E-state index contributed by atoms with van der Waals surface area (Å²) < 4.78 is 46.4. The lowest BCUT2D eigenvalue weighted by Crippen LogP contribution is -2.39. The van der Waals surface area contributed by atoms with Crippen LogP contribution in [0.4, 0.5) is 13.2 Å². The van der Waals surface area contributed by atoms with Crippen LogP contribution in [0.15, 0.2) is 18.2 Å². The molecule has 1 fully saturated rings. The molecule has 20 heavy (non-hydrogen) atoms. The lowest BCUT2D eigenvalue weighted by Gasteiger charge is -2.23. The average Bonchev–Trinajstić information content (AvgIpc) is 2.38. The van der Waals surface area contributed by atoms with E-state index < -0.39 is 12.8 Å². The predicted octanol–water partition coefficient (Wildman–Crippen LogP) is 2.81. The van der Waals surface area contributed by atoms with E-state index in [1.54, 1.807) is 12.1 Å². The quantitative estimate of drug-likeness (QED) is 0.928. The first-order valence-corrected chi connectivity index (χ1v) is 6.62. The molecule has 2 rings (SSSR count). The van der Waals surface area contributed by atoms with E-state index in [-0.39, 0.29) is 16.9 Å². The minimum atomic E-state index is -4.37. The van der Waals surface area contributed by atoms with E-state index >= 15 is 0 Å². The van der Waals surface area contributed by atoms with Gasteiger partial charge in [-0.3, -0.25) is 0 Å². The van der Waals surface area contributed by atoms with Gasteiger partial charge in [0, 0.05) is 13.1 Å². The van der Waals surface area contributed by atoms with E-state index in [1.165, 1.54) is 6.07 Å². The molecule has 0 spiro atoms. The fourth-order valence-corrected chi connectivity index (χ4v) is 2.22. The highest BCUT2D eigenvalue weighted by Crippen LogP contribution is 2.28. The van der Waals surface area contributed by atoms with Gasteiger partial charge >= 0.3 is 6.18 Å². The molecule has 7 heteroatoms. The Kier molecular flexibility index (Phi) is 5.12. The van der Waals surface area contributed by atoms with Gasteiger partial charge in [0.05, 0.1) is 17.7 Å². The van der Waals surface area contributed by atoms with Crippen molar-refractivity contribution in [2.75, 3.05) is 26.3 Å². The van der Waals surface area contributed by atoms with Crippen LogP contribution in [0.2, 0.25) is 5.02 Å². The van der Waals surface area contributed by atoms with Gasteiger partial charge in [0.1, 0.15) is 5.75 Å². The summed E-state index contributed by atoms with van der Waals surface area (Å²) in [5, 5.41) is 3.39. The second-order valence-corrected chi connectivity index (χ2v) is 4.98. The largest absolute Gasteiger partial charge is 0.483 e. The van der Waals surface area contributed by atoms with Gasteiger partial charge in [0.15, 0.2) is 6.61 Å². The first kappa shape index (κ1) is 15.4. The van der Waals surface area contributed by atoms with Crippen LogP contribution in [-0.2, 0) is 11.2 Å². The third kappa shape index (κ3) is 4.85. The molecule has 3 nitrogen and oxygen atoms in total. The Hall–Kier alpha value is -0.980. The Morgan fingerprint density at radius 1 is 1.40 bits per heavy atom. The lowest BCUT2D eigenvalue weighted by atomic mass is 10.1. The molecule has 1 aliphatic rings. The van der Waals surface area contributed by atoms with Crippen LogP contribution in [0, 0.1) is 0 Å². The SMILES string of the molecule is FC(F)(F)COc1ccc(C[C@@H]2CNCCO2)cc1Cl. The standard InChI is InChI=1S/C13H15ClF3NO2/c14-11-6-9(5-10-7-18-3-4-19-10)1-2-12(11)20-8-13(15,16)17/h1-2,6,10,18H,3-5,7-8H2/t10-/m1/s1. The molecule has 1 aromatic carbocycles. The van der Waals surface area contributed by atoms with Crippen LogP contribution >= 0.6 is 11.6 Å². The summed E-state index contributed by atoms with van der Waals surface area (Å²) in [4.78, 5) is 0. The zero-order valence-corrected chi connectivity index (χ0v) is 11.4. The molecule has 1 heterocycles. The Bertz CT molecular complexity index is 448. The van der Waals surface area contributed by atoms with Crippen LogP contribution in [-0.4, -0.2) is 38.6 Å². The maximum absolute atomic E-state index is 12.1. The number of halogens is 4. The van der Waals surface area contributed by atoms with Crippen LogP contribution in [0.1, 0.15) is 5.56 Å². The molecule has 1 saturated heterocycles. The Labute approximate surface area is 120 Å². The van der Waals surface area contributed by atoms with Gasteiger partial charge in [-0.15, -0.1) is 0 Å². The van der Waals surface area contributed by atoms with Crippen LogP contribution in [0.5, 0.6) is 5.75 Å². The van der Waals surface area contributed by atoms with Crippen molar-refractivity contribution in [3.63, 3.8) is 0 Å². The van der Waals surface area contributed by atoms with E-state index in [0.717, 1.165) is 18.7 Å². The molecular formula is C13H15ClF3NO2. The predicted molar refractivity (Wildman–Crippen MR) is 69.3 cm³/mol. The van der Waals surface area contributed by atoms with Crippen LogP contribution < -0.4 is 10.1 Å². The Morgan fingerprint density at radius 2 is 2.20 bits per heavy atom. The van der Waals surface area contributed by atoms with Crippen molar-refractivity contribution in [3.8, 4) is 5.75 Å². The number of alkyl halides is 3. The first-order valence-electron chi connectivity index (χ1n) is 6.24. The van der Waals surface area contributed by atoms with Crippen molar-refractivity contribution < 1.29 is 22.6 Å². The third-order valence-electron chi connectivity index (χ3n) is 2.86. The number of hydrogen-bond acceptors (Lipinski definition) is 3. The maximum atomic E-state index is 12.1. The summed E-state index contributed by atoms with van der Waals surface area (Å²) >= 11 is 5.93. The van der Waals surface area contributed by atoms with Crippen molar-refractivity contribution in [1.29, 1.82) is 0 Å². The highest BCUT2D eigenvalue weighted by Gasteiger charge is 2.28. The first-order chi connectivity index (χ1) is 9.44. The minimum Gasteiger partial charge on any atom is -0.483 e. The smallest absolute Gasteiger partial charge is 0.422 e. The van der Waals surface area contributed by atoms with Crippen molar-refractivity contribution in [2.45, 2.75) is 18.7 Å².